The normalized spacial score (nSPS) is 24.3. The van der Waals surface area contributed by atoms with Gasteiger partial charge < -0.3 is 15.8 Å². The molecule has 0 bridgehead atoms. The quantitative estimate of drug-likeness (QED) is 0.801. The van der Waals surface area contributed by atoms with Gasteiger partial charge in [0, 0.05) is 24.4 Å². The van der Waals surface area contributed by atoms with Crippen molar-refractivity contribution in [1.29, 1.82) is 0 Å². The smallest absolute Gasteiger partial charge is 0.126 e. The van der Waals surface area contributed by atoms with Crippen LogP contribution in [-0.2, 0) is 4.74 Å². The summed E-state index contributed by atoms with van der Waals surface area (Å²) in [7, 11) is 0. The van der Waals surface area contributed by atoms with Crippen LogP contribution in [0.1, 0.15) is 25.3 Å². The van der Waals surface area contributed by atoms with Crippen LogP contribution in [0, 0.1) is 0 Å². The molecule has 2 atom stereocenters. The Balaban J connectivity index is 2.02. The minimum Gasteiger partial charge on any atom is -0.389 e. The van der Waals surface area contributed by atoms with Gasteiger partial charge in [0.15, 0.2) is 0 Å². The van der Waals surface area contributed by atoms with Gasteiger partial charge in [-0.2, -0.15) is 0 Å². The molecule has 92 valence electrons. The van der Waals surface area contributed by atoms with Crippen LogP contribution in [0.4, 0.5) is 5.82 Å². The van der Waals surface area contributed by atoms with Crippen LogP contribution in [-0.4, -0.2) is 28.7 Å². The summed E-state index contributed by atoms with van der Waals surface area (Å²) in [4.78, 5) is 4.67. The summed E-state index contributed by atoms with van der Waals surface area (Å²) in [6.45, 7) is 2.89. The first-order valence-electron chi connectivity index (χ1n) is 5.79. The molecule has 0 saturated carbocycles. The zero-order valence-corrected chi connectivity index (χ0v) is 10.7. The number of aromatic nitrogens is 1. The van der Waals surface area contributed by atoms with Crippen molar-refractivity contribution in [3.05, 3.63) is 23.9 Å². The molecule has 1 aromatic rings. The predicted octanol–water partition coefficient (Wildman–Crippen LogP) is 1.70. The van der Waals surface area contributed by atoms with E-state index >= 15 is 0 Å². The third-order valence-electron chi connectivity index (χ3n) is 2.88. The van der Waals surface area contributed by atoms with Gasteiger partial charge in [0.25, 0.3) is 0 Å². The Morgan fingerprint density at radius 1 is 1.65 bits per heavy atom. The van der Waals surface area contributed by atoms with Crippen LogP contribution in [0.15, 0.2) is 18.3 Å². The van der Waals surface area contributed by atoms with E-state index < -0.39 is 0 Å². The largest absolute Gasteiger partial charge is 0.389 e. The van der Waals surface area contributed by atoms with E-state index in [2.05, 4.69) is 17.2 Å². The minimum atomic E-state index is 0.306. The highest BCUT2D eigenvalue weighted by molar-refractivity contribution is 7.80. The van der Waals surface area contributed by atoms with E-state index in [1.165, 1.54) is 0 Å². The molecule has 5 heteroatoms. The number of anilines is 1. The average Bonchev–Trinajstić information content (AvgIpc) is 2.29. The number of nitrogens with zero attached hydrogens (tertiary/aromatic N) is 1. The van der Waals surface area contributed by atoms with Gasteiger partial charge in [0.2, 0.25) is 0 Å². The zero-order chi connectivity index (χ0) is 12.3. The molecule has 0 spiro atoms. The minimum absolute atomic E-state index is 0.306. The molecule has 3 N–H and O–H groups in total. The highest BCUT2D eigenvalue weighted by Crippen LogP contribution is 2.17. The molecular formula is C12H17N3OS. The second kappa shape index (κ2) is 5.42. The summed E-state index contributed by atoms with van der Waals surface area (Å²) in [5, 5.41) is 3.40. The topological polar surface area (TPSA) is 60.2 Å². The maximum atomic E-state index is 5.59. The lowest BCUT2D eigenvalue weighted by atomic mass is 10.0. The molecule has 17 heavy (non-hydrogen) atoms. The van der Waals surface area contributed by atoms with E-state index in [9.17, 15) is 0 Å². The van der Waals surface area contributed by atoms with Crippen molar-refractivity contribution in [1.82, 2.24) is 4.98 Å². The SMILES string of the molecule is CC1CC(Nc2cc(C(N)=S)ccn2)CCO1. The highest BCUT2D eigenvalue weighted by atomic mass is 32.1. The first-order chi connectivity index (χ1) is 8.15. The summed E-state index contributed by atoms with van der Waals surface area (Å²) in [6.07, 6.45) is 4.03. The van der Waals surface area contributed by atoms with Crippen molar-refractivity contribution >= 4 is 23.0 Å². The Hall–Kier alpha value is -1.20. The molecule has 2 unspecified atom stereocenters. The molecule has 4 nitrogen and oxygen atoms in total. The summed E-state index contributed by atoms with van der Waals surface area (Å²) in [5.74, 6) is 0.828. The monoisotopic (exact) mass is 251 g/mol. The number of pyridine rings is 1. The second-order valence-corrected chi connectivity index (χ2v) is 4.78. The number of hydrogen-bond donors (Lipinski definition) is 2. The number of ether oxygens (including phenoxy) is 1. The van der Waals surface area contributed by atoms with Gasteiger partial charge in [0.05, 0.1) is 6.10 Å². The molecule has 1 aliphatic rings. The Labute approximate surface area is 107 Å². The molecule has 1 aromatic heterocycles. The van der Waals surface area contributed by atoms with Gasteiger partial charge in [0.1, 0.15) is 10.8 Å². The summed E-state index contributed by atoms with van der Waals surface area (Å²) in [6, 6.07) is 4.12. The van der Waals surface area contributed by atoms with Gasteiger partial charge in [-0.3, -0.25) is 0 Å². The fourth-order valence-electron chi connectivity index (χ4n) is 2.00. The molecule has 2 rings (SSSR count). The molecule has 1 fully saturated rings. The van der Waals surface area contributed by atoms with Crippen LogP contribution in [0.5, 0.6) is 0 Å². The Morgan fingerprint density at radius 2 is 2.47 bits per heavy atom. The van der Waals surface area contributed by atoms with E-state index in [-0.39, 0.29) is 0 Å². The standard InChI is InChI=1S/C12H17N3OS/c1-8-6-10(3-5-16-8)15-11-7-9(12(13)17)2-4-14-11/h2,4,7-8,10H,3,5-6H2,1H3,(H2,13,17)(H,14,15). The molecule has 1 aliphatic heterocycles. The fraction of sp³-hybridized carbons (Fsp3) is 0.500. The van der Waals surface area contributed by atoms with Gasteiger partial charge in [-0.1, -0.05) is 12.2 Å². The van der Waals surface area contributed by atoms with Gasteiger partial charge in [-0.05, 0) is 31.9 Å². The van der Waals surface area contributed by atoms with Crippen molar-refractivity contribution in [3.63, 3.8) is 0 Å². The number of thiocarbonyl (C=S) groups is 1. The summed E-state index contributed by atoms with van der Waals surface area (Å²) >= 11 is 4.95. The van der Waals surface area contributed by atoms with E-state index in [1.54, 1.807) is 6.20 Å². The molecule has 2 heterocycles. The molecule has 0 aromatic carbocycles. The Morgan fingerprint density at radius 3 is 3.18 bits per heavy atom. The number of nitrogens with one attached hydrogen (secondary N) is 1. The number of nitrogens with two attached hydrogens (primary N) is 1. The van der Waals surface area contributed by atoms with E-state index in [0.29, 0.717) is 17.1 Å². The van der Waals surface area contributed by atoms with Crippen molar-refractivity contribution in [2.24, 2.45) is 5.73 Å². The lowest BCUT2D eigenvalue weighted by Gasteiger charge is -2.28. The zero-order valence-electron chi connectivity index (χ0n) is 9.85. The van der Waals surface area contributed by atoms with Crippen molar-refractivity contribution in [3.8, 4) is 0 Å². The van der Waals surface area contributed by atoms with E-state index in [4.69, 9.17) is 22.7 Å². The fourth-order valence-corrected chi connectivity index (χ4v) is 2.13. The molecular weight excluding hydrogens is 234 g/mol. The van der Waals surface area contributed by atoms with Crippen LogP contribution in [0.3, 0.4) is 0 Å². The van der Waals surface area contributed by atoms with Crippen LogP contribution < -0.4 is 11.1 Å². The second-order valence-electron chi connectivity index (χ2n) is 4.34. The van der Waals surface area contributed by atoms with Crippen molar-refractivity contribution < 1.29 is 4.74 Å². The summed E-state index contributed by atoms with van der Waals surface area (Å²) < 4.78 is 5.51. The van der Waals surface area contributed by atoms with E-state index in [1.807, 2.05) is 12.1 Å². The molecule has 0 aliphatic carbocycles. The first kappa shape index (κ1) is 12.3. The van der Waals surface area contributed by atoms with Gasteiger partial charge in [-0.25, -0.2) is 4.98 Å². The van der Waals surface area contributed by atoms with Crippen molar-refractivity contribution in [2.45, 2.75) is 31.9 Å². The van der Waals surface area contributed by atoms with Crippen LogP contribution in [0.25, 0.3) is 0 Å². The third kappa shape index (κ3) is 3.38. The first-order valence-corrected chi connectivity index (χ1v) is 6.20. The van der Waals surface area contributed by atoms with E-state index in [0.717, 1.165) is 30.8 Å². The molecule has 0 amide bonds. The van der Waals surface area contributed by atoms with Gasteiger partial charge >= 0.3 is 0 Å². The number of rotatable bonds is 3. The van der Waals surface area contributed by atoms with Crippen LogP contribution in [0.2, 0.25) is 0 Å². The number of hydrogen-bond acceptors (Lipinski definition) is 4. The Bertz CT molecular complexity index is 410. The molecule has 0 radical (unpaired) electrons. The maximum absolute atomic E-state index is 5.59. The maximum Gasteiger partial charge on any atom is 0.126 e. The van der Waals surface area contributed by atoms with Crippen LogP contribution >= 0.6 is 12.2 Å². The molecule has 1 saturated heterocycles. The average molecular weight is 251 g/mol. The van der Waals surface area contributed by atoms with Gasteiger partial charge in [-0.15, -0.1) is 0 Å². The Kier molecular flexibility index (Phi) is 3.91. The highest BCUT2D eigenvalue weighted by Gasteiger charge is 2.19. The summed E-state index contributed by atoms with van der Waals surface area (Å²) in [5.41, 5.74) is 6.44. The third-order valence-corrected chi connectivity index (χ3v) is 3.12. The lowest BCUT2D eigenvalue weighted by Crippen LogP contribution is -2.32. The lowest BCUT2D eigenvalue weighted by molar-refractivity contribution is 0.0232. The van der Waals surface area contributed by atoms with Crippen molar-refractivity contribution in [2.75, 3.05) is 11.9 Å². The predicted molar refractivity (Wildman–Crippen MR) is 72.2 cm³/mol.